The van der Waals surface area contributed by atoms with E-state index in [4.69, 9.17) is 19.4 Å². The van der Waals surface area contributed by atoms with Crippen molar-refractivity contribution in [3.05, 3.63) is 211 Å². The van der Waals surface area contributed by atoms with Crippen molar-refractivity contribution in [2.45, 2.75) is 19.3 Å². The number of fused-ring (bicyclic) bond motifs is 12. The van der Waals surface area contributed by atoms with E-state index in [0.29, 0.717) is 17.6 Å². The van der Waals surface area contributed by atoms with Crippen molar-refractivity contribution >= 4 is 65.6 Å². The lowest BCUT2D eigenvalue weighted by molar-refractivity contribution is 0.661. The average molecular weight is 846 g/mol. The fraction of sp³-hybridized carbons (Fsp3) is 0.0500. The molecule has 0 unspecified atom stereocenters. The molecule has 0 bridgehead atoms. The van der Waals surface area contributed by atoms with E-state index in [2.05, 4.69) is 211 Å². The molecule has 0 radical (unpaired) electrons. The molecule has 0 amide bonds. The number of benzene rings is 9. The highest BCUT2D eigenvalue weighted by Crippen LogP contribution is 2.51. The van der Waals surface area contributed by atoms with Crippen LogP contribution in [0.5, 0.6) is 0 Å². The molecule has 9 aromatic carbocycles. The first kappa shape index (κ1) is 36.8. The van der Waals surface area contributed by atoms with Crippen LogP contribution in [-0.4, -0.2) is 24.1 Å². The van der Waals surface area contributed by atoms with Gasteiger partial charge < -0.3 is 8.98 Å². The second-order valence-corrected chi connectivity index (χ2v) is 18.0. The van der Waals surface area contributed by atoms with Crippen LogP contribution in [-0.2, 0) is 5.41 Å². The lowest BCUT2D eigenvalue weighted by Crippen LogP contribution is -2.15. The summed E-state index contributed by atoms with van der Waals surface area (Å²) in [4.78, 5) is 16.2. The Balaban J connectivity index is 1.02. The van der Waals surface area contributed by atoms with Crippen LogP contribution in [0.15, 0.2) is 205 Å². The standard InChI is InChI=1S/C60H39N5O/c1-60(2)47-25-11-6-19-39(47)45-34-46-42-22-9-12-26-49(42)64(53(46)35-48(45)60)52-29-15-10-23-43(52)58-61-57(62-59(63-58)65-50-27-13-7-20-40(50)41-21-8-14-28-51(41)65)37-31-32-44-55(33-37)66-54-30-16-24-38(56(44)54)36-17-4-3-5-18-36/h3-35H,1-2H3. The fourth-order valence-corrected chi connectivity index (χ4v) is 11.0. The maximum absolute atomic E-state index is 6.65. The first-order valence-electron chi connectivity index (χ1n) is 22.5. The van der Waals surface area contributed by atoms with Crippen LogP contribution in [0.2, 0.25) is 0 Å². The number of furan rings is 1. The molecular weight excluding hydrogens is 807 g/mol. The smallest absolute Gasteiger partial charge is 0.238 e. The maximum atomic E-state index is 6.65. The van der Waals surface area contributed by atoms with E-state index in [1.165, 1.54) is 33.0 Å². The second kappa shape index (κ2) is 13.7. The Bertz CT molecular complexity index is 4100. The van der Waals surface area contributed by atoms with Gasteiger partial charge in [0, 0.05) is 48.9 Å². The molecule has 1 aliphatic rings. The minimum Gasteiger partial charge on any atom is -0.456 e. The lowest BCUT2D eigenvalue weighted by atomic mass is 9.82. The third-order valence-electron chi connectivity index (χ3n) is 14.0. The van der Waals surface area contributed by atoms with Gasteiger partial charge in [-0.05, 0) is 94.0 Å². The van der Waals surface area contributed by atoms with Crippen LogP contribution in [0.4, 0.5) is 0 Å². The highest BCUT2D eigenvalue weighted by molar-refractivity contribution is 6.14. The average Bonchev–Trinajstić information content (AvgIpc) is 4.08. The lowest BCUT2D eigenvalue weighted by Gasteiger charge is -2.22. The Labute approximate surface area is 379 Å². The van der Waals surface area contributed by atoms with Gasteiger partial charge in [-0.1, -0.05) is 153 Å². The van der Waals surface area contributed by atoms with Gasteiger partial charge in [-0.15, -0.1) is 0 Å². The Hall–Kier alpha value is -8.61. The van der Waals surface area contributed by atoms with Gasteiger partial charge in [0.15, 0.2) is 11.6 Å². The van der Waals surface area contributed by atoms with Crippen molar-refractivity contribution in [2.75, 3.05) is 0 Å². The van der Waals surface area contributed by atoms with Crippen LogP contribution in [0, 0.1) is 0 Å². The topological polar surface area (TPSA) is 61.7 Å². The van der Waals surface area contributed by atoms with E-state index in [9.17, 15) is 0 Å². The van der Waals surface area contributed by atoms with Crippen molar-refractivity contribution in [1.82, 2.24) is 24.1 Å². The number of aromatic nitrogens is 5. The predicted octanol–water partition coefficient (Wildman–Crippen LogP) is 15.3. The van der Waals surface area contributed by atoms with Gasteiger partial charge in [0.05, 0.1) is 27.8 Å². The molecule has 0 saturated heterocycles. The van der Waals surface area contributed by atoms with Crippen molar-refractivity contribution in [1.29, 1.82) is 0 Å². The van der Waals surface area contributed by atoms with Gasteiger partial charge in [-0.25, -0.2) is 4.98 Å². The van der Waals surface area contributed by atoms with E-state index in [0.717, 1.165) is 82.7 Å². The van der Waals surface area contributed by atoms with E-state index in [1.54, 1.807) is 0 Å². The fourth-order valence-electron chi connectivity index (χ4n) is 11.0. The molecule has 6 heteroatoms. The molecule has 0 N–H and O–H groups in total. The van der Waals surface area contributed by atoms with E-state index in [1.807, 2.05) is 12.1 Å². The zero-order chi connectivity index (χ0) is 43.7. The predicted molar refractivity (Wildman–Crippen MR) is 270 cm³/mol. The Morgan fingerprint density at radius 3 is 1.77 bits per heavy atom. The molecule has 1 aliphatic carbocycles. The highest BCUT2D eigenvalue weighted by atomic mass is 16.3. The molecular formula is C60H39N5O. The van der Waals surface area contributed by atoms with Crippen LogP contribution in [0.1, 0.15) is 25.0 Å². The molecule has 0 aliphatic heterocycles. The number of hydrogen-bond donors (Lipinski definition) is 0. The Morgan fingerprint density at radius 2 is 1.00 bits per heavy atom. The summed E-state index contributed by atoms with van der Waals surface area (Å²) >= 11 is 0. The maximum Gasteiger partial charge on any atom is 0.238 e. The van der Waals surface area contributed by atoms with Crippen LogP contribution in [0.3, 0.4) is 0 Å². The number of rotatable bonds is 5. The summed E-state index contributed by atoms with van der Waals surface area (Å²) in [5.74, 6) is 1.66. The van der Waals surface area contributed by atoms with Crippen molar-refractivity contribution in [3.8, 4) is 56.7 Å². The van der Waals surface area contributed by atoms with Crippen LogP contribution in [0.25, 0.3) is 122 Å². The minimum atomic E-state index is -0.161. The van der Waals surface area contributed by atoms with Gasteiger partial charge in [0.2, 0.25) is 5.95 Å². The van der Waals surface area contributed by atoms with Gasteiger partial charge in [0.25, 0.3) is 0 Å². The molecule has 6 nitrogen and oxygen atoms in total. The molecule has 13 aromatic rings. The molecule has 4 aromatic heterocycles. The monoisotopic (exact) mass is 845 g/mol. The molecule has 310 valence electrons. The van der Waals surface area contributed by atoms with Crippen molar-refractivity contribution in [3.63, 3.8) is 0 Å². The van der Waals surface area contributed by atoms with Gasteiger partial charge in [0.1, 0.15) is 11.2 Å². The van der Waals surface area contributed by atoms with Gasteiger partial charge >= 0.3 is 0 Å². The zero-order valence-electron chi connectivity index (χ0n) is 36.2. The summed E-state index contributed by atoms with van der Waals surface area (Å²) in [6.45, 7) is 4.69. The van der Waals surface area contributed by atoms with Crippen molar-refractivity contribution < 1.29 is 4.42 Å². The summed E-state index contributed by atoms with van der Waals surface area (Å²) in [6.07, 6.45) is 0. The molecule has 4 heterocycles. The van der Waals surface area contributed by atoms with Crippen LogP contribution >= 0.6 is 0 Å². The molecule has 0 saturated carbocycles. The molecule has 0 spiro atoms. The first-order valence-corrected chi connectivity index (χ1v) is 22.5. The van der Waals surface area contributed by atoms with Crippen LogP contribution < -0.4 is 0 Å². The quantitative estimate of drug-likeness (QED) is 0.173. The number of hydrogen-bond acceptors (Lipinski definition) is 4. The Kier molecular flexibility index (Phi) is 7.64. The summed E-state index contributed by atoms with van der Waals surface area (Å²) in [5.41, 5.74) is 16.1. The van der Waals surface area contributed by atoms with Gasteiger partial charge in [-0.2, -0.15) is 9.97 Å². The third kappa shape index (κ3) is 5.21. The zero-order valence-corrected chi connectivity index (χ0v) is 36.2. The summed E-state index contributed by atoms with van der Waals surface area (Å²) in [5, 5.41) is 6.81. The molecule has 0 fully saturated rings. The normalized spacial score (nSPS) is 13.1. The first-order chi connectivity index (χ1) is 32.5. The van der Waals surface area contributed by atoms with Crippen molar-refractivity contribution in [2.24, 2.45) is 0 Å². The van der Waals surface area contributed by atoms with E-state index < -0.39 is 0 Å². The summed E-state index contributed by atoms with van der Waals surface area (Å²) < 4.78 is 11.2. The Morgan fingerprint density at radius 1 is 0.379 bits per heavy atom. The SMILES string of the molecule is CC1(C)c2ccccc2-c2cc3c4ccccc4n(-c4ccccc4-c4nc(-c5ccc6c(c5)oc5cccc(-c7ccccc7)c56)nc(-n5c6ccccc6c6ccccc65)n4)c3cc21. The number of para-hydroxylation sites is 4. The molecule has 0 atom stereocenters. The van der Waals surface area contributed by atoms with E-state index in [-0.39, 0.29) is 5.41 Å². The van der Waals surface area contributed by atoms with Gasteiger partial charge in [-0.3, -0.25) is 4.57 Å². The second-order valence-electron chi connectivity index (χ2n) is 18.0. The third-order valence-corrected chi connectivity index (χ3v) is 14.0. The molecule has 66 heavy (non-hydrogen) atoms. The summed E-state index contributed by atoms with van der Waals surface area (Å²) in [6, 6.07) is 71.1. The number of nitrogens with zero attached hydrogens (tertiary/aromatic N) is 5. The largest absolute Gasteiger partial charge is 0.456 e. The minimum absolute atomic E-state index is 0.161. The summed E-state index contributed by atoms with van der Waals surface area (Å²) in [7, 11) is 0. The molecule has 14 rings (SSSR count). The van der Waals surface area contributed by atoms with E-state index >= 15 is 0 Å². The highest BCUT2D eigenvalue weighted by Gasteiger charge is 2.36.